The molecule has 0 atom stereocenters. The number of halogens is 1. The fourth-order valence-corrected chi connectivity index (χ4v) is 3.47. The van der Waals surface area contributed by atoms with Crippen molar-refractivity contribution in [2.24, 2.45) is 5.73 Å². The molecule has 2 heterocycles. The Morgan fingerprint density at radius 1 is 1.13 bits per heavy atom. The number of aromatic nitrogens is 3. The van der Waals surface area contributed by atoms with E-state index in [0.717, 1.165) is 22.4 Å². The second-order valence-electron chi connectivity index (χ2n) is 7.27. The molecule has 3 aromatic rings. The molecule has 158 valence electrons. The Morgan fingerprint density at radius 3 is 2.63 bits per heavy atom. The summed E-state index contributed by atoms with van der Waals surface area (Å²) in [6, 6.07) is 9.20. The van der Waals surface area contributed by atoms with Crippen LogP contribution in [0.25, 0.3) is 0 Å². The van der Waals surface area contributed by atoms with Crippen molar-refractivity contribution >= 4 is 17.5 Å². The number of nitrogens with two attached hydrogens (primary N) is 1. The highest BCUT2D eigenvalue weighted by Gasteiger charge is 2.13. The smallest absolute Gasteiger partial charge is 0.254 e. The number of carbonyl (C=O) groups excluding carboxylic acids is 1. The Balaban J connectivity index is 1.67. The normalized spacial score (nSPS) is 10.9. The van der Waals surface area contributed by atoms with Crippen LogP contribution in [0.2, 0.25) is 5.02 Å². The van der Waals surface area contributed by atoms with Crippen LogP contribution in [0.4, 0.5) is 0 Å². The Labute approximate surface area is 180 Å². The van der Waals surface area contributed by atoms with Crippen molar-refractivity contribution in [3.05, 3.63) is 86.0 Å². The topological polar surface area (TPSA) is 94.9 Å². The quantitative estimate of drug-likeness (QED) is 0.576. The van der Waals surface area contributed by atoms with Gasteiger partial charge < -0.3 is 15.6 Å². The van der Waals surface area contributed by atoms with Gasteiger partial charge in [0.15, 0.2) is 0 Å². The van der Waals surface area contributed by atoms with Gasteiger partial charge in [0.2, 0.25) is 5.91 Å². The van der Waals surface area contributed by atoms with Crippen LogP contribution in [-0.4, -0.2) is 20.3 Å². The second kappa shape index (κ2) is 9.73. The molecule has 0 spiro atoms. The molecule has 2 aromatic heterocycles. The molecule has 0 bridgehead atoms. The highest BCUT2D eigenvalue weighted by molar-refractivity contribution is 6.30. The molecule has 7 nitrogen and oxygen atoms in total. The van der Waals surface area contributed by atoms with Crippen LogP contribution in [0.1, 0.15) is 27.9 Å². The Hall–Kier alpha value is -2.90. The summed E-state index contributed by atoms with van der Waals surface area (Å²) >= 11 is 6.05. The fourth-order valence-electron chi connectivity index (χ4n) is 3.28. The summed E-state index contributed by atoms with van der Waals surface area (Å²) in [5, 5.41) is 7.79. The molecule has 0 aliphatic heterocycles. The van der Waals surface area contributed by atoms with Crippen LogP contribution in [-0.2, 0) is 37.4 Å². The number of rotatable bonds is 8. The number of benzene rings is 1. The minimum atomic E-state index is -0.224. The molecule has 0 saturated carbocycles. The number of nitrogens with zero attached hydrogens (tertiary/aromatic N) is 3. The molecule has 1 amide bonds. The molecule has 0 unspecified atom stereocenters. The summed E-state index contributed by atoms with van der Waals surface area (Å²) in [5.74, 6) is -0.224. The minimum Gasteiger partial charge on any atom is -0.352 e. The van der Waals surface area contributed by atoms with Gasteiger partial charge in [-0.05, 0) is 54.8 Å². The monoisotopic (exact) mass is 427 g/mol. The van der Waals surface area contributed by atoms with Crippen molar-refractivity contribution < 1.29 is 4.79 Å². The highest BCUT2D eigenvalue weighted by Crippen LogP contribution is 2.16. The van der Waals surface area contributed by atoms with E-state index in [1.54, 1.807) is 27.6 Å². The van der Waals surface area contributed by atoms with Gasteiger partial charge in [-0.2, -0.15) is 5.10 Å². The summed E-state index contributed by atoms with van der Waals surface area (Å²) in [4.78, 5) is 25.4. The van der Waals surface area contributed by atoms with E-state index in [-0.39, 0.29) is 17.9 Å². The number of hydrogen-bond donors (Lipinski definition) is 2. The first-order valence-electron chi connectivity index (χ1n) is 9.80. The van der Waals surface area contributed by atoms with E-state index in [1.807, 2.05) is 38.2 Å². The largest absolute Gasteiger partial charge is 0.352 e. The van der Waals surface area contributed by atoms with Gasteiger partial charge >= 0.3 is 0 Å². The Kier molecular flexibility index (Phi) is 7.07. The first-order chi connectivity index (χ1) is 14.4. The van der Waals surface area contributed by atoms with E-state index in [2.05, 4.69) is 10.4 Å². The van der Waals surface area contributed by atoms with Crippen LogP contribution >= 0.6 is 11.6 Å². The van der Waals surface area contributed by atoms with Gasteiger partial charge in [0.05, 0.1) is 18.7 Å². The summed E-state index contributed by atoms with van der Waals surface area (Å²) in [5.41, 5.74) is 9.62. The number of aryl methyl sites for hydroxylation is 4. The number of carbonyl (C=O) groups is 1. The maximum Gasteiger partial charge on any atom is 0.254 e. The van der Waals surface area contributed by atoms with Crippen molar-refractivity contribution in [2.45, 2.75) is 46.4 Å². The van der Waals surface area contributed by atoms with E-state index in [4.69, 9.17) is 17.3 Å². The number of amides is 1. The summed E-state index contributed by atoms with van der Waals surface area (Å²) in [6.45, 7) is 5.50. The van der Waals surface area contributed by atoms with Gasteiger partial charge in [0.25, 0.3) is 5.56 Å². The number of hydrogen-bond acceptors (Lipinski definition) is 4. The van der Waals surface area contributed by atoms with E-state index in [0.29, 0.717) is 36.8 Å². The zero-order chi connectivity index (χ0) is 21.7. The van der Waals surface area contributed by atoms with E-state index >= 15 is 0 Å². The number of nitrogens with one attached hydrogen (secondary N) is 1. The first-order valence-corrected chi connectivity index (χ1v) is 10.2. The van der Waals surface area contributed by atoms with Crippen LogP contribution in [0.3, 0.4) is 0 Å². The van der Waals surface area contributed by atoms with Gasteiger partial charge in [-0.15, -0.1) is 0 Å². The molecule has 0 radical (unpaired) electrons. The van der Waals surface area contributed by atoms with Crippen molar-refractivity contribution in [3.8, 4) is 0 Å². The maximum atomic E-state index is 12.9. The summed E-state index contributed by atoms with van der Waals surface area (Å²) in [7, 11) is 0. The third-order valence-electron chi connectivity index (χ3n) is 5.05. The summed E-state index contributed by atoms with van der Waals surface area (Å²) in [6.07, 6.45) is 3.66. The molecule has 0 aliphatic rings. The predicted molar refractivity (Wildman–Crippen MR) is 117 cm³/mol. The zero-order valence-corrected chi connectivity index (χ0v) is 17.9. The van der Waals surface area contributed by atoms with Crippen LogP contribution < -0.4 is 16.6 Å². The third kappa shape index (κ3) is 5.37. The van der Waals surface area contributed by atoms with Crippen LogP contribution in [0.15, 0.2) is 47.5 Å². The van der Waals surface area contributed by atoms with E-state index in [1.165, 1.54) is 0 Å². The van der Waals surface area contributed by atoms with E-state index < -0.39 is 0 Å². The zero-order valence-electron chi connectivity index (χ0n) is 17.2. The molecular formula is C22H26ClN5O2. The summed E-state index contributed by atoms with van der Waals surface area (Å²) < 4.78 is 3.42. The lowest BCUT2D eigenvalue weighted by molar-refractivity contribution is -0.120. The van der Waals surface area contributed by atoms with Gasteiger partial charge in [-0.25, -0.2) is 0 Å². The molecule has 0 saturated heterocycles. The average molecular weight is 428 g/mol. The lowest BCUT2D eigenvalue weighted by atomic mass is 10.1. The standard InChI is InChI=1S/C22H26ClN5O2/c1-15-5-7-27(9-10-28-8-6-16(2)26-28)22(30)20(15)12-21(29)25-14-18-11-19(23)4-3-17(18)13-24/h3-8,11H,9-10,12-14,24H2,1-2H3,(H,25,29). The molecule has 3 N–H and O–H groups in total. The predicted octanol–water partition coefficient (Wildman–Crippen LogP) is 2.33. The third-order valence-corrected chi connectivity index (χ3v) is 5.28. The van der Waals surface area contributed by atoms with E-state index in [9.17, 15) is 9.59 Å². The molecule has 1 aromatic carbocycles. The van der Waals surface area contributed by atoms with Crippen LogP contribution in [0.5, 0.6) is 0 Å². The average Bonchev–Trinajstić information content (AvgIpc) is 3.14. The Morgan fingerprint density at radius 2 is 1.93 bits per heavy atom. The Bertz CT molecular complexity index is 1100. The molecule has 0 aliphatic carbocycles. The molecule has 30 heavy (non-hydrogen) atoms. The first kappa shape index (κ1) is 21.8. The fraction of sp³-hybridized carbons (Fsp3) is 0.318. The highest BCUT2D eigenvalue weighted by atomic mass is 35.5. The maximum absolute atomic E-state index is 12.9. The van der Waals surface area contributed by atoms with Crippen molar-refractivity contribution in [3.63, 3.8) is 0 Å². The lowest BCUT2D eigenvalue weighted by Crippen LogP contribution is -2.31. The van der Waals surface area contributed by atoms with Crippen molar-refractivity contribution in [2.75, 3.05) is 0 Å². The number of pyridine rings is 1. The second-order valence-corrected chi connectivity index (χ2v) is 7.70. The molecule has 8 heteroatoms. The van der Waals surface area contributed by atoms with Crippen molar-refractivity contribution in [1.82, 2.24) is 19.7 Å². The van der Waals surface area contributed by atoms with Gasteiger partial charge in [0, 0.05) is 42.6 Å². The SMILES string of the molecule is Cc1ccn(CCn2ccc(C)c(CC(=O)NCc3cc(Cl)ccc3CN)c2=O)n1. The van der Waals surface area contributed by atoms with Gasteiger partial charge in [-0.1, -0.05) is 17.7 Å². The van der Waals surface area contributed by atoms with Crippen LogP contribution in [0, 0.1) is 13.8 Å². The van der Waals surface area contributed by atoms with Gasteiger partial charge in [0.1, 0.15) is 0 Å². The molecule has 0 fully saturated rings. The molecular weight excluding hydrogens is 402 g/mol. The molecule has 3 rings (SSSR count). The van der Waals surface area contributed by atoms with Crippen molar-refractivity contribution in [1.29, 1.82) is 0 Å². The lowest BCUT2D eigenvalue weighted by Gasteiger charge is -2.12. The van der Waals surface area contributed by atoms with Gasteiger partial charge in [-0.3, -0.25) is 14.3 Å². The minimum absolute atomic E-state index is 0.0188.